The van der Waals surface area contributed by atoms with Gasteiger partial charge in [-0.2, -0.15) is 0 Å². The lowest BCUT2D eigenvalue weighted by Gasteiger charge is -2.18. The van der Waals surface area contributed by atoms with Crippen molar-refractivity contribution in [1.82, 2.24) is 4.98 Å². The number of halogens is 1. The summed E-state index contributed by atoms with van der Waals surface area (Å²) in [4.78, 5) is 4.45. The van der Waals surface area contributed by atoms with E-state index in [1.165, 1.54) is 12.1 Å². The maximum absolute atomic E-state index is 13.1. The van der Waals surface area contributed by atoms with Crippen LogP contribution in [-0.4, -0.2) is 4.98 Å². The zero-order chi connectivity index (χ0) is 15.5. The van der Waals surface area contributed by atoms with Crippen LogP contribution in [0.25, 0.3) is 11.1 Å². The molecular formula is C18H19FN2O. The number of nitrogens with zero attached hydrogens (tertiary/aromatic N) is 1. The summed E-state index contributed by atoms with van der Waals surface area (Å²) in [5.41, 5.74) is 3.71. The Bertz CT molecular complexity index is 764. The second-order valence-electron chi connectivity index (χ2n) is 5.30. The van der Waals surface area contributed by atoms with Crippen molar-refractivity contribution in [2.24, 2.45) is 0 Å². The van der Waals surface area contributed by atoms with Crippen LogP contribution in [0.3, 0.4) is 0 Å². The van der Waals surface area contributed by atoms with E-state index in [-0.39, 0.29) is 11.9 Å². The number of anilines is 1. The first-order chi connectivity index (χ1) is 10.7. The quantitative estimate of drug-likeness (QED) is 0.712. The van der Waals surface area contributed by atoms with E-state index in [1.54, 1.807) is 0 Å². The molecular weight excluding hydrogens is 279 g/mol. The first-order valence-corrected chi connectivity index (χ1v) is 7.61. The van der Waals surface area contributed by atoms with Crippen molar-refractivity contribution in [3.05, 3.63) is 59.7 Å². The summed E-state index contributed by atoms with van der Waals surface area (Å²) in [5, 5.41) is 3.48. The molecule has 3 rings (SSSR count). The predicted octanol–water partition coefficient (Wildman–Crippen LogP) is 5.09. The maximum atomic E-state index is 13.1. The minimum Gasteiger partial charge on any atom is -0.441 e. The van der Waals surface area contributed by atoms with E-state index in [2.05, 4.69) is 17.2 Å². The summed E-state index contributed by atoms with van der Waals surface area (Å²) in [5.74, 6) is 0.535. The molecule has 0 saturated heterocycles. The number of aromatic nitrogens is 1. The maximum Gasteiger partial charge on any atom is 0.195 e. The molecule has 0 radical (unpaired) electrons. The zero-order valence-corrected chi connectivity index (χ0v) is 12.8. The number of fused-ring (bicyclic) bond motifs is 1. The molecule has 1 N–H and O–H groups in total. The van der Waals surface area contributed by atoms with Crippen LogP contribution < -0.4 is 5.32 Å². The van der Waals surface area contributed by atoms with Crippen molar-refractivity contribution < 1.29 is 8.81 Å². The fraction of sp³-hybridized carbons (Fsp3) is 0.278. The summed E-state index contributed by atoms with van der Waals surface area (Å²) in [6, 6.07) is 12.7. The van der Waals surface area contributed by atoms with Gasteiger partial charge in [0.15, 0.2) is 11.5 Å². The Morgan fingerprint density at radius 2 is 1.91 bits per heavy atom. The number of oxazole rings is 1. The van der Waals surface area contributed by atoms with Crippen LogP contribution in [0.5, 0.6) is 0 Å². The third-order valence-electron chi connectivity index (χ3n) is 3.76. The zero-order valence-electron chi connectivity index (χ0n) is 12.8. The van der Waals surface area contributed by atoms with Gasteiger partial charge in [0.25, 0.3) is 0 Å². The van der Waals surface area contributed by atoms with E-state index < -0.39 is 0 Å². The normalized spacial score (nSPS) is 12.5. The highest BCUT2D eigenvalue weighted by atomic mass is 19.1. The summed E-state index contributed by atoms with van der Waals surface area (Å²) in [7, 11) is 0. The Hall–Kier alpha value is -2.36. The van der Waals surface area contributed by atoms with Gasteiger partial charge in [0.05, 0.1) is 6.04 Å². The minimum absolute atomic E-state index is 0.135. The van der Waals surface area contributed by atoms with Crippen molar-refractivity contribution in [1.29, 1.82) is 0 Å². The number of benzene rings is 2. The molecule has 114 valence electrons. The van der Waals surface area contributed by atoms with Crippen molar-refractivity contribution in [3.8, 4) is 0 Å². The van der Waals surface area contributed by atoms with Crippen molar-refractivity contribution >= 4 is 16.8 Å². The van der Waals surface area contributed by atoms with Gasteiger partial charge >= 0.3 is 0 Å². The molecule has 1 aromatic heterocycles. The van der Waals surface area contributed by atoms with Gasteiger partial charge in [0.1, 0.15) is 11.3 Å². The molecule has 2 aromatic carbocycles. The first-order valence-electron chi connectivity index (χ1n) is 7.61. The Labute approximate surface area is 129 Å². The largest absolute Gasteiger partial charge is 0.441 e. The average Bonchev–Trinajstić information content (AvgIpc) is 2.96. The van der Waals surface area contributed by atoms with E-state index in [0.717, 1.165) is 41.1 Å². The Morgan fingerprint density at radius 3 is 2.59 bits per heavy atom. The fourth-order valence-electron chi connectivity index (χ4n) is 2.53. The molecule has 1 heterocycles. The van der Waals surface area contributed by atoms with Gasteiger partial charge in [-0.15, -0.1) is 0 Å². The van der Waals surface area contributed by atoms with Gasteiger partial charge < -0.3 is 9.73 Å². The van der Waals surface area contributed by atoms with Crippen molar-refractivity contribution in [3.63, 3.8) is 0 Å². The molecule has 4 heteroatoms. The fourth-order valence-corrected chi connectivity index (χ4v) is 2.53. The van der Waals surface area contributed by atoms with Gasteiger partial charge in [-0.25, -0.2) is 9.37 Å². The third kappa shape index (κ3) is 2.96. The Morgan fingerprint density at radius 1 is 1.14 bits per heavy atom. The molecule has 0 fully saturated rings. The predicted molar refractivity (Wildman–Crippen MR) is 86.4 cm³/mol. The first kappa shape index (κ1) is 14.6. The molecule has 1 atom stereocenters. The Kier molecular flexibility index (Phi) is 4.09. The molecule has 0 spiro atoms. The SMILES string of the molecule is CCc1nc2cc(NC(CC)c3ccc(F)cc3)ccc2o1. The smallest absolute Gasteiger partial charge is 0.195 e. The standard InChI is InChI=1S/C18H19FN2O/c1-3-15(12-5-7-13(19)8-6-12)20-14-9-10-17-16(11-14)21-18(4-2)22-17/h5-11,15,20H,3-4H2,1-2H3. The van der Waals surface area contributed by atoms with Gasteiger partial charge in [0.2, 0.25) is 0 Å². The molecule has 0 amide bonds. The van der Waals surface area contributed by atoms with E-state index in [4.69, 9.17) is 4.42 Å². The lowest BCUT2D eigenvalue weighted by molar-refractivity contribution is 0.538. The highest BCUT2D eigenvalue weighted by Gasteiger charge is 2.11. The van der Waals surface area contributed by atoms with Crippen LogP contribution in [0, 0.1) is 5.82 Å². The third-order valence-corrected chi connectivity index (χ3v) is 3.76. The van der Waals surface area contributed by atoms with Crippen molar-refractivity contribution in [2.75, 3.05) is 5.32 Å². The lowest BCUT2D eigenvalue weighted by Crippen LogP contribution is -2.09. The highest BCUT2D eigenvalue weighted by molar-refractivity contribution is 5.77. The summed E-state index contributed by atoms with van der Waals surface area (Å²) < 4.78 is 18.7. The summed E-state index contributed by atoms with van der Waals surface area (Å²) in [6.45, 7) is 4.12. The molecule has 0 bridgehead atoms. The molecule has 0 aliphatic carbocycles. The van der Waals surface area contributed by atoms with Gasteiger partial charge in [0, 0.05) is 12.1 Å². The van der Waals surface area contributed by atoms with Gasteiger partial charge in [-0.3, -0.25) is 0 Å². The molecule has 3 aromatic rings. The summed E-state index contributed by atoms with van der Waals surface area (Å²) >= 11 is 0. The van der Waals surface area contributed by atoms with Crippen LogP contribution in [0.15, 0.2) is 46.9 Å². The second-order valence-corrected chi connectivity index (χ2v) is 5.30. The monoisotopic (exact) mass is 298 g/mol. The number of aryl methyl sites for hydroxylation is 1. The van der Waals surface area contributed by atoms with E-state index >= 15 is 0 Å². The van der Waals surface area contributed by atoms with Gasteiger partial charge in [-0.05, 0) is 42.3 Å². The molecule has 3 nitrogen and oxygen atoms in total. The molecule has 0 aliphatic heterocycles. The molecule has 0 saturated carbocycles. The molecule has 22 heavy (non-hydrogen) atoms. The van der Waals surface area contributed by atoms with Crippen LogP contribution in [0.4, 0.5) is 10.1 Å². The molecule has 0 aliphatic rings. The van der Waals surface area contributed by atoms with Gasteiger partial charge in [-0.1, -0.05) is 26.0 Å². The van der Waals surface area contributed by atoms with E-state index in [0.29, 0.717) is 0 Å². The van der Waals surface area contributed by atoms with Crippen LogP contribution in [0.1, 0.15) is 37.8 Å². The number of nitrogens with one attached hydrogen (secondary N) is 1. The number of rotatable bonds is 5. The van der Waals surface area contributed by atoms with E-state index in [9.17, 15) is 4.39 Å². The second kappa shape index (κ2) is 6.18. The topological polar surface area (TPSA) is 38.1 Å². The highest BCUT2D eigenvalue weighted by Crippen LogP contribution is 2.26. The lowest BCUT2D eigenvalue weighted by atomic mass is 10.0. The number of hydrogen-bond acceptors (Lipinski definition) is 3. The number of hydrogen-bond donors (Lipinski definition) is 1. The van der Waals surface area contributed by atoms with Crippen LogP contribution >= 0.6 is 0 Å². The van der Waals surface area contributed by atoms with Crippen molar-refractivity contribution in [2.45, 2.75) is 32.7 Å². The summed E-state index contributed by atoms with van der Waals surface area (Å²) in [6.07, 6.45) is 1.69. The van der Waals surface area contributed by atoms with Crippen LogP contribution in [-0.2, 0) is 6.42 Å². The average molecular weight is 298 g/mol. The molecule has 1 unspecified atom stereocenters. The van der Waals surface area contributed by atoms with E-state index in [1.807, 2.05) is 37.3 Å². The minimum atomic E-state index is -0.213. The van der Waals surface area contributed by atoms with Crippen LogP contribution in [0.2, 0.25) is 0 Å². The Balaban J connectivity index is 1.85.